The van der Waals surface area contributed by atoms with Crippen LogP contribution in [0.3, 0.4) is 0 Å². The molecule has 0 radical (unpaired) electrons. The van der Waals surface area contributed by atoms with Gasteiger partial charge in [-0.1, -0.05) is 88.4 Å². The van der Waals surface area contributed by atoms with E-state index in [1.165, 1.54) is 13.8 Å². The van der Waals surface area contributed by atoms with Crippen molar-refractivity contribution in [2.45, 2.75) is 132 Å². The maximum absolute atomic E-state index is 13.4. The van der Waals surface area contributed by atoms with E-state index < -0.39 is 84.8 Å². The van der Waals surface area contributed by atoms with Gasteiger partial charge in [-0.25, -0.2) is 9.59 Å². The fourth-order valence-corrected chi connectivity index (χ4v) is 6.47. The van der Waals surface area contributed by atoms with Gasteiger partial charge in [0.05, 0.1) is 61.9 Å². The second-order valence-electron chi connectivity index (χ2n) is 16.6. The average Bonchev–Trinajstić information content (AvgIpc) is 3.29. The van der Waals surface area contributed by atoms with E-state index in [-0.39, 0.29) is 87.0 Å². The Labute approximate surface area is 397 Å². The molecule has 0 bridgehead atoms. The van der Waals surface area contributed by atoms with Gasteiger partial charge in [-0.05, 0) is 63.5 Å². The molecular formula is C48H66N8O12. The Bertz CT molecular complexity index is 2010. The first-order chi connectivity index (χ1) is 32.4. The summed E-state index contributed by atoms with van der Waals surface area (Å²) in [4.78, 5) is 114. The molecule has 6 amide bonds. The van der Waals surface area contributed by atoms with Crippen molar-refractivity contribution in [1.82, 2.24) is 41.9 Å². The molecule has 1 aromatic heterocycles. The number of rotatable bonds is 26. The molecule has 2 aromatic carbocycles. The van der Waals surface area contributed by atoms with E-state index in [1.54, 1.807) is 62.4 Å². The molecule has 0 aliphatic rings. The highest BCUT2D eigenvalue weighted by atomic mass is 16.6. The van der Waals surface area contributed by atoms with Crippen molar-refractivity contribution in [2.24, 2.45) is 11.8 Å². The largest absolute Gasteiger partial charge is 0.466 e. The number of hydrogen-bond acceptors (Lipinski definition) is 14. The van der Waals surface area contributed by atoms with Gasteiger partial charge in [0.1, 0.15) is 37.4 Å². The normalized spacial score (nSPS) is 12.6. The maximum atomic E-state index is 13.4. The molecule has 3 rings (SSSR count). The number of carbonyl (C=O) groups excluding carboxylic acids is 8. The predicted molar refractivity (Wildman–Crippen MR) is 248 cm³/mol. The Kier molecular flexibility index (Phi) is 23.4. The van der Waals surface area contributed by atoms with E-state index in [1.807, 2.05) is 39.8 Å². The first kappa shape index (κ1) is 55.2. The number of ether oxygens (including phenoxy) is 4. The van der Waals surface area contributed by atoms with Crippen LogP contribution in [-0.4, -0.2) is 95.1 Å². The lowest BCUT2D eigenvalue weighted by atomic mass is 10.0. The highest BCUT2D eigenvalue weighted by molar-refractivity contribution is 5.92. The predicted octanol–water partition coefficient (Wildman–Crippen LogP) is 3.61. The summed E-state index contributed by atoms with van der Waals surface area (Å²) in [6.07, 6.45) is -1.90. The maximum Gasteiger partial charge on any atom is 0.408 e. The van der Waals surface area contributed by atoms with Crippen LogP contribution in [0.2, 0.25) is 0 Å². The Hall–Kier alpha value is -7.12. The van der Waals surface area contributed by atoms with Crippen LogP contribution in [0.25, 0.3) is 0 Å². The number of alkyl carbamates (subject to hydrolysis) is 2. The third-order valence-corrected chi connectivity index (χ3v) is 9.86. The Morgan fingerprint density at radius 1 is 0.471 bits per heavy atom. The number of esters is 2. The number of nitrogens with one attached hydrogen (secondary N) is 6. The van der Waals surface area contributed by atoms with Crippen LogP contribution in [0.1, 0.15) is 102 Å². The smallest absolute Gasteiger partial charge is 0.408 e. The van der Waals surface area contributed by atoms with Gasteiger partial charge in [-0.3, -0.25) is 38.7 Å². The van der Waals surface area contributed by atoms with Gasteiger partial charge in [0.2, 0.25) is 23.6 Å². The van der Waals surface area contributed by atoms with E-state index >= 15 is 0 Å². The molecule has 0 aliphatic carbocycles. The summed E-state index contributed by atoms with van der Waals surface area (Å²) >= 11 is 0. The lowest BCUT2D eigenvalue weighted by molar-refractivity contribution is -0.143. The highest BCUT2D eigenvalue weighted by Crippen LogP contribution is 2.15. The van der Waals surface area contributed by atoms with E-state index in [0.717, 1.165) is 11.1 Å². The zero-order chi connectivity index (χ0) is 50.2. The molecule has 0 fully saturated rings. The van der Waals surface area contributed by atoms with E-state index in [9.17, 15) is 38.4 Å². The molecule has 20 nitrogen and oxygen atoms in total. The number of carbonyl (C=O) groups is 8. The zero-order valence-electron chi connectivity index (χ0n) is 40.1. The van der Waals surface area contributed by atoms with E-state index in [0.29, 0.717) is 0 Å². The van der Waals surface area contributed by atoms with E-state index in [4.69, 9.17) is 18.9 Å². The van der Waals surface area contributed by atoms with Crippen molar-refractivity contribution >= 4 is 47.8 Å². The van der Waals surface area contributed by atoms with Crippen LogP contribution < -0.4 is 31.9 Å². The fraction of sp³-hybridized carbons (Fsp3) is 0.500. The standard InChI is InChI=1S/C48H66N8O12/c1-9-65-41(57)23-35-39(25-49-43(59)31(7)51-45(61)37(21-29(3)4)55-47(63)67-27-33-17-13-11-14-18-33)54-36(24-42(58)66-10-2)40(53-35)26-50-44(60)32(8)52-46(62)38(22-30(5)6)56-48(64)68-28-34-19-15-12-16-20-34/h11-20,29-32,37-38H,9-10,21-28H2,1-8H3,(H,49,59)(H,50,60)(H,51,61)(H,52,62)(H,55,63)(H,56,64)/t31-,32-,37-,38-/m0/s1. The molecule has 20 heteroatoms. The van der Waals surface area contributed by atoms with Crippen LogP contribution in [0.5, 0.6) is 0 Å². The molecule has 3 aromatic rings. The lowest BCUT2D eigenvalue weighted by Crippen LogP contribution is -2.53. The summed E-state index contributed by atoms with van der Waals surface area (Å²) < 4.78 is 20.9. The third-order valence-electron chi connectivity index (χ3n) is 9.86. The average molecular weight is 947 g/mol. The molecule has 4 atom stereocenters. The van der Waals surface area contributed by atoms with Gasteiger partial charge in [0.25, 0.3) is 0 Å². The molecule has 0 saturated heterocycles. The summed E-state index contributed by atoms with van der Waals surface area (Å²) in [7, 11) is 0. The second-order valence-corrected chi connectivity index (χ2v) is 16.6. The van der Waals surface area contributed by atoms with Gasteiger partial charge in [0, 0.05) is 0 Å². The number of aromatic nitrogens is 2. The molecule has 6 N–H and O–H groups in total. The molecule has 0 unspecified atom stereocenters. The number of amides is 6. The van der Waals surface area contributed by atoms with Crippen LogP contribution in [0, 0.1) is 11.8 Å². The van der Waals surface area contributed by atoms with Crippen molar-refractivity contribution in [2.75, 3.05) is 13.2 Å². The second kappa shape index (κ2) is 28.8. The summed E-state index contributed by atoms with van der Waals surface area (Å²) in [5.41, 5.74) is 1.83. The van der Waals surface area contributed by atoms with Gasteiger partial charge in [0.15, 0.2) is 0 Å². The minimum atomic E-state index is -1.11. The third kappa shape index (κ3) is 20.2. The molecule has 370 valence electrons. The Balaban J connectivity index is 1.75. The molecule has 1 heterocycles. The van der Waals surface area contributed by atoms with Crippen LogP contribution in [0.4, 0.5) is 9.59 Å². The molecular weight excluding hydrogens is 881 g/mol. The van der Waals surface area contributed by atoms with Crippen LogP contribution >= 0.6 is 0 Å². The minimum Gasteiger partial charge on any atom is -0.466 e. The summed E-state index contributed by atoms with van der Waals surface area (Å²) in [6, 6.07) is 13.8. The van der Waals surface area contributed by atoms with Crippen molar-refractivity contribution < 1.29 is 57.3 Å². The molecule has 0 spiro atoms. The molecule has 0 aliphatic heterocycles. The van der Waals surface area contributed by atoms with Gasteiger partial charge < -0.3 is 50.8 Å². The first-order valence-corrected chi connectivity index (χ1v) is 22.7. The van der Waals surface area contributed by atoms with Crippen molar-refractivity contribution in [3.63, 3.8) is 0 Å². The van der Waals surface area contributed by atoms with Gasteiger partial charge in [-0.2, -0.15) is 0 Å². The van der Waals surface area contributed by atoms with Crippen molar-refractivity contribution in [3.05, 3.63) is 94.6 Å². The van der Waals surface area contributed by atoms with Gasteiger partial charge >= 0.3 is 24.1 Å². The monoisotopic (exact) mass is 946 g/mol. The van der Waals surface area contributed by atoms with Crippen LogP contribution in [0.15, 0.2) is 60.7 Å². The number of nitrogens with zero attached hydrogens (tertiary/aromatic N) is 2. The first-order valence-electron chi connectivity index (χ1n) is 22.7. The van der Waals surface area contributed by atoms with Crippen molar-refractivity contribution in [1.29, 1.82) is 0 Å². The van der Waals surface area contributed by atoms with Gasteiger partial charge in [-0.15, -0.1) is 0 Å². The SMILES string of the molecule is CCOC(=O)Cc1nc(CNC(=O)[C@H](C)NC(=O)[C@H](CC(C)C)NC(=O)OCc2ccccc2)c(CC(=O)OCC)nc1CNC(=O)[C@H](C)NC(=O)[C@H](CC(C)C)NC(=O)OCc1ccccc1. The van der Waals surface area contributed by atoms with Crippen molar-refractivity contribution in [3.8, 4) is 0 Å². The lowest BCUT2D eigenvalue weighted by Gasteiger charge is -2.23. The Morgan fingerprint density at radius 3 is 1.15 bits per heavy atom. The molecule has 0 saturated carbocycles. The topological polar surface area (TPSA) is 271 Å². The Morgan fingerprint density at radius 2 is 0.824 bits per heavy atom. The summed E-state index contributed by atoms with van der Waals surface area (Å²) in [6.45, 7) is 13.1. The van der Waals surface area contributed by atoms with Crippen LogP contribution in [-0.2, 0) is 86.9 Å². The highest BCUT2D eigenvalue weighted by Gasteiger charge is 2.29. The quantitative estimate of drug-likeness (QED) is 0.0496. The van der Waals surface area contributed by atoms with E-state index in [2.05, 4.69) is 41.9 Å². The number of benzene rings is 2. The molecule has 68 heavy (non-hydrogen) atoms. The zero-order valence-corrected chi connectivity index (χ0v) is 40.1. The minimum absolute atomic E-state index is 0.00598. The number of hydrogen-bond donors (Lipinski definition) is 6. The summed E-state index contributed by atoms with van der Waals surface area (Å²) in [5, 5.41) is 15.8. The fourth-order valence-electron chi connectivity index (χ4n) is 6.47. The summed E-state index contributed by atoms with van der Waals surface area (Å²) in [5.74, 6) is -3.89.